The van der Waals surface area contributed by atoms with Gasteiger partial charge in [-0.1, -0.05) is 6.08 Å². The fraction of sp³-hybridized carbons (Fsp3) is 0.143. The maximum absolute atomic E-state index is 5.46. The lowest BCUT2D eigenvalue weighted by Crippen LogP contribution is -1.59. The molecule has 0 aliphatic carbocycles. The topological polar surface area (TPSA) is 0 Å². The molecule has 0 saturated heterocycles. The first-order valence-corrected chi connectivity index (χ1v) is 5.00. The lowest BCUT2D eigenvalue weighted by molar-refractivity contribution is 1.78. The molecule has 0 saturated carbocycles. The summed E-state index contributed by atoms with van der Waals surface area (Å²) in [5.74, 6) is 0.579. The second-order valence-corrected chi connectivity index (χ2v) is 3.89. The quantitative estimate of drug-likeness (QED) is 0.687. The molecule has 1 heterocycles. The molecule has 0 aliphatic heterocycles. The Kier molecular flexibility index (Phi) is 3.46. The lowest BCUT2D eigenvalue weighted by atomic mass is 10.4. The second-order valence-electron chi connectivity index (χ2n) is 1.72. The highest BCUT2D eigenvalue weighted by atomic mass is 79.9. The van der Waals surface area contributed by atoms with Gasteiger partial charge in [0.2, 0.25) is 0 Å². The van der Waals surface area contributed by atoms with Crippen LogP contribution in [0.1, 0.15) is 4.88 Å². The van der Waals surface area contributed by atoms with E-state index in [2.05, 4.69) is 22.0 Å². The van der Waals surface area contributed by atoms with Gasteiger partial charge in [0, 0.05) is 20.6 Å². The largest absolute Gasteiger partial charge is 0.143 e. The summed E-state index contributed by atoms with van der Waals surface area (Å²) < 4.78 is 1.13. The van der Waals surface area contributed by atoms with Gasteiger partial charge in [0.05, 0.1) is 0 Å². The first-order chi connectivity index (χ1) is 4.83. The summed E-state index contributed by atoms with van der Waals surface area (Å²) in [5.41, 5.74) is 0. The summed E-state index contributed by atoms with van der Waals surface area (Å²) in [4.78, 5) is 1.23. The Balaban J connectivity index is 2.67. The van der Waals surface area contributed by atoms with E-state index in [0.29, 0.717) is 5.88 Å². The van der Waals surface area contributed by atoms with Gasteiger partial charge in [-0.15, -0.1) is 22.9 Å². The van der Waals surface area contributed by atoms with Crippen molar-refractivity contribution in [3.8, 4) is 0 Å². The number of hydrogen-bond acceptors (Lipinski definition) is 1. The zero-order chi connectivity index (χ0) is 7.40. The number of allylic oxidation sites excluding steroid dienone is 1. The highest BCUT2D eigenvalue weighted by molar-refractivity contribution is 9.10. The van der Waals surface area contributed by atoms with Crippen molar-refractivity contribution in [1.29, 1.82) is 0 Å². The van der Waals surface area contributed by atoms with Crippen LogP contribution >= 0.6 is 38.9 Å². The first-order valence-electron chi connectivity index (χ1n) is 2.79. The number of halogens is 2. The molecule has 0 spiro atoms. The molecule has 0 nitrogen and oxygen atoms in total. The van der Waals surface area contributed by atoms with E-state index in [-0.39, 0.29) is 0 Å². The Hall–Kier alpha value is 0.210. The van der Waals surface area contributed by atoms with Crippen molar-refractivity contribution >= 4 is 44.9 Å². The summed E-state index contributed by atoms with van der Waals surface area (Å²) in [6.07, 6.45) is 3.95. The Morgan fingerprint density at radius 2 is 2.50 bits per heavy atom. The van der Waals surface area contributed by atoms with E-state index < -0.39 is 0 Å². The van der Waals surface area contributed by atoms with E-state index in [4.69, 9.17) is 11.6 Å². The number of thiophene rings is 1. The van der Waals surface area contributed by atoms with Gasteiger partial charge in [-0.25, -0.2) is 0 Å². The average Bonchev–Trinajstić information content (AvgIpc) is 2.31. The Morgan fingerprint density at radius 1 is 1.70 bits per heavy atom. The molecule has 0 unspecified atom stereocenters. The maximum atomic E-state index is 5.46. The smallest absolute Gasteiger partial charge is 0.0407 e. The van der Waals surface area contributed by atoms with Crippen molar-refractivity contribution in [1.82, 2.24) is 0 Å². The van der Waals surface area contributed by atoms with Crippen LogP contribution in [0, 0.1) is 0 Å². The Morgan fingerprint density at radius 3 is 3.00 bits per heavy atom. The van der Waals surface area contributed by atoms with Crippen LogP contribution in [0.5, 0.6) is 0 Å². The number of hydrogen-bond donors (Lipinski definition) is 0. The molecule has 0 bridgehead atoms. The summed E-state index contributed by atoms with van der Waals surface area (Å²) in [6.45, 7) is 0. The predicted molar refractivity (Wildman–Crippen MR) is 51.8 cm³/mol. The fourth-order valence-corrected chi connectivity index (χ4v) is 2.03. The normalized spacial score (nSPS) is 11.0. The average molecular weight is 238 g/mol. The monoisotopic (exact) mass is 236 g/mol. The Bertz CT molecular complexity index is 229. The second kappa shape index (κ2) is 4.16. The molecule has 0 fully saturated rings. The van der Waals surface area contributed by atoms with Crippen molar-refractivity contribution in [2.45, 2.75) is 0 Å². The summed E-state index contributed by atoms with van der Waals surface area (Å²) in [7, 11) is 0. The number of alkyl halides is 1. The van der Waals surface area contributed by atoms with Crippen LogP contribution in [-0.2, 0) is 0 Å². The molecule has 10 heavy (non-hydrogen) atoms. The SMILES string of the molecule is ClCC=Cc1cc(Br)cs1. The van der Waals surface area contributed by atoms with E-state index in [1.807, 2.05) is 17.5 Å². The predicted octanol–water partition coefficient (Wildman–Crippen LogP) is 3.76. The van der Waals surface area contributed by atoms with Gasteiger partial charge in [0.1, 0.15) is 0 Å². The maximum Gasteiger partial charge on any atom is 0.0407 e. The van der Waals surface area contributed by atoms with Crippen molar-refractivity contribution in [3.63, 3.8) is 0 Å². The molecule has 0 aliphatic rings. The van der Waals surface area contributed by atoms with Gasteiger partial charge in [0.15, 0.2) is 0 Å². The van der Waals surface area contributed by atoms with Crippen molar-refractivity contribution in [2.75, 3.05) is 5.88 Å². The van der Waals surface area contributed by atoms with Crippen LogP contribution in [-0.4, -0.2) is 5.88 Å². The minimum atomic E-state index is 0.579. The highest BCUT2D eigenvalue weighted by Gasteiger charge is 1.90. The van der Waals surface area contributed by atoms with Gasteiger partial charge in [-0.3, -0.25) is 0 Å². The van der Waals surface area contributed by atoms with Crippen LogP contribution in [0.2, 0.25) is 0 Å². The minimum absolute atomic E-state index is 0.579. The highest BCUT2D eigenvalue weighted by Crippen LogP contribution is 2.20. The molecule has 0 N–H and O–H groups in total. The molecule has 54 valence electrons. The molecule has 0 radical (unpaired) electrons. The van der Waals surface area contributed by atoms with Crippen LogP contribution in [0.15, 0.2) is 22.0 Å². The van der Waals surface area contributed by atoms with E-state index in [1.54, 1.807) is 11.3 Å². The standard InChI is InChI=1S/C7H6BrClS/c8-6-4-7(10-5-6)2-1-3-9/h1-2,4-5H,3H2. The fourth-order valence-electron chi connectivity index (χ4n) is 0.576. The third-order valence-corrected chi connectivity index (χ3v) is 2.80. The molecule has 0 amide bonds. The van der Waals surface area contributed by atoms with Crippen LogP contribution < -0.4 is 0 Å². The van der Waals surface area contributed by atoms with Gasteiger partial charge >= 0.3 is 0 Å². The molecular formula is C7H6BrClS. The van der Waals surface area contributed by atoms with Gasteiger partial charge < -0.3 is 0 Å². The van der Waals surface area contributed by atoms with Crippen molar-refractivity contribution in [3.05, 3.63) is 26.9 Å². The van der Waals surface area contributed by atoms with Crippen molar-refractivity contribution in [2.24, 2.45) is 0 Å². The zero-order valence-corrected chi connectivity index (χ0v) is 8.34. The van der Waals surface area contributed by atoms with Crippen LogP contribution in [0.25, 0.3) is 6.08 Å². The van der Waals surface area contributed by atoms with E-state index >= 15 is 0 Å². The summed E-state index contributed by atoms with van der Waals surface area (Å²) in [5, 5.41) is 2.05. The Labute approximate surface area is 77.6 Å². The van der Waals surface area contributed by atoms with Gasteiger partial charge in [-0.2, -0.15) is 0 Å². The molecule has 0 atom stereocenters. The zero-order valence-electron chi connectivity index (χ0n) is 5.18. The number of rotatable bonds is 2. The minimum Gasteiger partial charge on any atom is -0.143 e. The van der Waals surface area contributed by atoms with Crippen molar-refractivity contribution < 1.29 is 0 Å². The molecule has 3 heteroatoms. The summed E-state index contributed by atoms with van der Waals surface area (Å²) in [6, 6.07) is 2.06. The molecule has 1 aromatic rings. The van der Waals surface area contributed by atoms with E-state index in [9.17, 15) is 0 Å². The third kappa shape index (κ3) is 2.45. The van der Waals surface area contributed by atoms with E-state index in [1.165, 1.54) is 4.88 Å². The molecule has 1 rings (SSSR count). The van der Waals surface area contributed by atoms with Gasteiger partial charge in [-0.05, 0) is 28.1 Å². The first kappa shape index (κ1) is 8.31. The lowest BCUT2D eigenvalue weighted by Gasteiger charge is -1.78. The molecule has 1 aromatic heterocycles. The van der Waals surface area contributed by atoms with Crippen LogP contribution in [0.4, 0.5) is 0 Å². The van der Waals surface area contributed by atoms with Crippen LogP contribution in [0.3, 0.4) is 0 Å². The summed E-state index contributed by atoms with van der Waals surface area (Å²) >= 11 is 10.5. The third-order valence-electron chi connectivity index (χ3n) is 0.959. The molecule has 0 aromatic carbocycles. The van der Waals surface area contributed by atoms with Gasteiger partial charge in [0.25, 0.3) is 0 Å². The van der Waals surface area contributed by atoms with E-state index in [0.717, 1.165) is 4.47 Å². The molecular weight excluding hydrogens is 232 g/mol.